The minimum atomic E-state index is -0.310. The van der Waals surface area contributed by atoms with Gasteiger partial charge in [0.05, 0.1) is 19.8 Å². The van der Waals surface area contributed by atoms with Gasteiger partial charge in [-0.2, -0.15) is 0 Å². The summed E-state index contributed by atoms with van der Waals surface area (Å²) in [5, 5.41) is 2.00. The summed E-state index contributed by atoms with van der Waals surface area (Å²) >= 11 is 12.0. The Morgan fingerprint density at radius 1 is 1.12 bits per heavy atom. The largest absolute Gasteiger partial charge is 0.489 e. The normalized spacial score (nSPS) is 10.8. The van der Waals surface area contributed by atoms with E-state index in [0.717, 1.165) is 16.5 Å². The molecule has 0 spiro atoms. The quantitative estimate of drug-likeness (QED) is 0.595. The fraction of sp³-hybridized carbons (Fsp3) is 0.167. The molecule has 0 bridgehead atoms. The van der Waals surface area contributed by atoms with Gasteiger partial charge in [0.15, 0.2) is 0 Å². The van der Waals surface area contributed by atoms with Gasteiger partial charge in [0, 0.05) is 32.6 Å². The fourth-order valence-corrected chi connectivity index (χ4v) is 2.78. The van der Waals surface area contributed by atoms with Crippen LogP contribution < -0.4 is 4.74 Å². The van der Waals surface area contributed by atoms with Crippen LogP contribution in [0.4, 0.5) is 0 Å². The molecule has 0 radical (unpaired) electrons. The molecule has 2 aromatic carbocycles. The number of carbonyl (C=O) groups is 1. The Bertz CT molecular complexity index is 886. The molecule has 124 valence electrons. The van der Waals surface area contributed by atoms with Gasteiger partial charge in [-0.05, 0) is 24.3 Å². The molecule has 24 heavy (non-hydrogen) atoms. The van der Waals surface area contributed by atoms with Gasteiger partial charge in [0.2, 0.25) is 0 Å². The zero-order valence-electron chi connectivity index (χ0n) is 12.8. The van der Waals surface area contributed by atoms with Gasteiger partial charge in [-0.25, -0.2) is 0 Å². The van der Waals surface area contributed by atoms with Crippen LogP contribution in [0.1, 0.15) is 11.1 Å². The molecule has 0 fully saturated rings. The first-order valence-corrected chi connectivity index (χ1v) is 7.96. The molecule has 0 unspecified atom stereocenters. The average molecular weight is 365 g/mol. The highest BCUT2D eigenvalue weighted by molar-refractivity contribution is 6.35. The average Bonchev–Trinajstić information content (AvgIpc) is 2.96. The lowest BCUT2D eigenvalue weighted by molar-refractivity contribution is -0.139. The molecular weight excluding hydrogens is 351 g/mol. The Morgan fingerprint density at radius 2 is 1.96 bits per heavy atom. The summed E-state index contributed by atoms with van der Waals surface area (Å²) in [6.45, 7) is 0.317. The van der Waals surface area contributed by atoms with Crippen molar-refractivity contribution in [1.29, 1.82) is 0 Å². The molecular formula is C18H14Cl2O4. The van der Waals surface area contributed by atoms with Crippen molar-refractivity contribution in [2.45, 2.75) is 13.0 Å². The standard InChI is InChI=1S/C18H14Cl2O4/c1-22-18(21)6-12-10-24-17-8-14(4-5-15(12)17)23-9-11-2-3-13(19)7-16(11)20/h2-5,7-8,10H,6,9H2,1H3. The van der Waals surface area contributed by atoms with Crippen LogP contribution in [0.5, 0.6) is 5.75 Å². The van der Waals surface area contributed by atoms with Crippen LogP contribution in [0.15, 0.2) is 47.1 Å². The van der Waals surface area contributed by atoms with E-state index in [-0.39, 0.29) is 12.4 Å². The first-order valence-electron chi connectivity index (χ1n) is 7.20. The molecule has 0 amide bonds. The number of benzene rings is 2. The summed E-state index contributed by atoms with van der Waals surface area (Å²) in [6, 6.07) is 10.7. The van der Waals surface area contributed by atoms with Crippen molar-refractivity contribution in [2.24, 2.45) is 0 Å². The molecule has 0 aliphatic carbocycles. The van der Waals surface area contributed by atoms with Crippen molar-refractivity contribution in [2.75, 3.05) is 7.11 Å². The van der Waals surface area contributed by atoms with Crippen LogP contribution in [0.25, 0.3) is 11.0 Å². The van der Waals surface area contributed by atoms with Crippen LogP contribution >= 0.6 is 23.2 Å². The zero-order chi connectivity index (χ0) is 17.1. The summed E-state index contributed by atoms with van der Waals surface area (Å²) < 4.78 is 15.9. The minimum absolute atomic E-state index is 0.171. The summed E-state index contributed by atoms with van der Waals surface area (Å²) in [5.41, 5.74) is 2.27. The lowest BCUT2D eigenvalue weighted by Crippen LogP contribution is -2.03. The van der Waals surface area contributed by atoms with E-state index in [1.165, 1.54) is 7.11 Å². The van der Waals surface area contributed by atoms with Crippen LogP contribution in [0.2, 0.25) is 10.0 Å². The first-order chi connectivity index (χ1) is 11.6. The van der Waals surface area contributed by atoms with Gasteiger partial charge in [-0.3, -0.25) is 4.79 Å². The van der Waals surface area contributed by atoms with Crippen LogP contribution in [-0.2, 0) is 22.6 Å². The minimum Gasteiger partial charge on any atom is -0.489 e. The monoisotopic (exact) mass is 364 g/mol. The van der Waals surface area contributed by atoms with E-state index in [4.69, 9.17) is 32.4 Å². The molecule has 0 N–H and O–H groups in total. The number of hydrogen-bond acceptors (Lipinski definition) is 4. The van der Waals surface area contributed by atoms with Crippen molar-refractivity contribution < 1.29 is 18.7 Å². The smallest absolute Gasteiger partial charge is 0.310 e. The molecule has 3 rings (SSSR count). The van der Waals surface area contributed by atoms with E-state index in [9.17, 15) is 4.79 Å². The molecule has 1 heterocycles. The highest BCUT2D eigenvalue weighted by Crippen LogP contribution is 2.28. The summed E-state index contributed by atoms with van der Waals surface area (Å²) in [4.78, 5) is 11.4. The van der Waals surface area contributed by atoms with Gasteiger partial charge < -0.3 is 13.9 Å². The molecule has 0 saturated carbocycles. The number of carbonyl (C=O) groups excluding carboxylic acids is 1. The highest BCUT2D eigenvalue weighted by Gasteiger charge is 2.11. The zero-order valence-corrected chi connectivity index (χ0v) is 14.4. The number of furan rings is 1. The Hall–Kier alpha value is -2.17. The van der Waals surface area contributed by atoms with Gasteiger partial charge >= 0.3 is 5.97 Å². The van der Waals surface area contributed by atoms with Crippen molar-refractivity contribution in [3.8, 4) is 5.75 Å². The lowest BCUT2D eigenvalue weighted by Gasteiger charge is -2.08. The molecule has 6 heteroatoms. The molecule has 3 aromatic rings. The lowest BCUT2D eigenvalue weighted by atomic mass is 10.1. The first kappa shape index (κ1) is 16.7. The number of halogens is 2. The SMILES string of the molecule is COC(=O)Cc1coc2cc(OCc3ccc(Cl)cc3Cl)ccc12. The van der Waals surface area contributed by atoms with E-state index >= 15 is 0 Å². The number of ether oxygens (including phenoxy) is 2. The predicted molar refractivity (Wildman–Crippen MR) is 92.7 cm³/mol. The van der Waals surface area contributed by atoms with Gasteiger partial charge in [-0.15, -0.1) is 0 Å². The van der Waals surface area contributed by atoms with Crippen molar-refractivity contribution in [3.63, 3.8) is 0 Å². The Labute approximate surface area is 148 Å². The molecule has 0 aliphatic heterocycles. The number of methoxy groups -OCH3 is 1. The second-order valence-corrected chi connectivity index (χ2v) is 6.04. The maximum atomic E-state index is 11.4. The topological polar surface area (TPSA) is 48.7 Å². The Kier molecular flexibility index (Phi) is 4.97. The van der Waals surface area contributed by atoms with E-state index in [1.54, 1.807) is 24.5 Å². The van der Waals surface area contributed by atoms with E-state index in [0.29, 0.717) is 28.0 Å². The maximum absolute atomic E-state index is 11.4. The summed E-state index contributed by atoms with van der Waals surface area (Å²) in [5.74, 6) is 0.336. The Balaban J connectivity index is 1.75. The predicted octanol–water partition coefficient (Wildman–Crippen LogP) is 5.03. The number of fused-ring (bicyclic) bond motifs is 1. The third kappa shape index (κ3) is 3.66. The highest BCUT2D eigenvalue weighted by atomic mass is 35.5. The van der Waals surface area contributed by atoms with Crippen LogP contribution in [-0.4, -0.2) is 13.1 Å². The number of hydrogen-bond donors (Lipinski definition) is 0. The summed E-state index contributed by atoms with van der Waals surface area (Å²) in [6.07, 6.45) is 1.73. The molecule has 1 aromatic heterocycles. The number of esters is 1. The van der Waals surface area contributed by atoms with E-state index in [2.05, 4.69) is 4.74 Å². The second kappa shape index (κ2) is 7.16. The maximum Gasteiger partial charge on any atom is 0.310 e. The van der Waals surface area contributed by atoms with Crippen LogP contribution in [0.3, 0.4) is 0 Å². The Morgan fingerprint density at radius 3 is 2.71 bits per heavy atom. The third-order valence-electron chi connectivity index (χ3n) is 3.60. The second-order valence-electron chi connectivity index (χ2n) is 5.20. The van der Waals surface area contributed by atoms with Crippen molar-refractivity contribution >= 4 is 40.1 Å². The van der Waals surface area contributed by atoms with E-state index in [1.807, 2.05) is 18.2 Å². The van der Waals surface area contributed by atoms with Crippen molar-refractivity contribution in [3.05, 3.63) is 63.8 Å². The molecule has 0 atom stereocenters. The van der Waals surface area contributed by atoms with Crippen LogP contribution in [0, 0.1) is 0 Å². The van der Waals surface area contributed by atoms with E-state index < -0.39 is 0 Å². The van der Waals surface area contributed by atoms with Gasteiger partial charge in [0.25, 0.3) is 0 Å². The van der Waals surface area contributed by atoms with Crippen molar-refractivity contribution in [1.82, 2.24) is 0 Å². The third-order valence-corrected chi connectivity index (χ3v) is 4.19. The molecule has 0 saturated heterocycles. The van der Waals surface area contributed by atoms with Gasteiger partial charge in [-0.1, -0.05) is 29.3 Å². The number of rotatable bonds is 5. The van der Waals surface area contributed by atoms with Gasteiger partial charge in [0.1, 0.15) is 17.9 Å². The molecule has 0 aliphatic rings. The fourth-order valence-electron chi connectivity index (χ4n) is 2.32. The summed E-state index contributed by atoms with van der Waals surface area (Å²) in [7, 11) is 1.36. The molecule has 4 nitrogen and oxygen atoms in total.